The Morgan fingerprint density at radius 3 is 2.35 bits per heavy atom. The van der Waals surface area contributed by atoms with E-state index in [9.17, 15) is 4.79 Å². The molecule has 3 aliphatic carbocycles. The Bertz CT molecular complexity index is 531. The van der Waals surface area contributed by atoms with Crippen molar-refractivity contribution in [1.29, 1.82) is 0 Å². The number of carbonyl (C=O) groups is 1. The minimum absolute atomic E-state index is 0.0730. The van der Waals surface area contributed by atoms with Crippen molar-refractivity contribution in [1.82, 2.24) is 15.1 Å². The molecule has 3 saturated carbocycles. The maximum absolute atomic E-state index is 12.7. The molecule has 0 atom stereocenters. The summed E-state index contributed by atoms with van der Waals surface area (Å²) in [4.78, 5) is 14.7. The van der Waals surface area contributed by atoms with Gasteiger partial charge in [0, 0.05) is 19.0 Å². The Kier molecular flexibility index (Phi) is 2.95. The van der Waals surface area contributed by atoms with E-state index in [4.69, 9.17) is 0 Å². The van der Waals surface area contributed by atoms with Crippen LogP contribution in [0.25, 0.3) is 0 Å². The molecule has 1 N–H and O–H groups in total. The Morgan fingerprint density at radius 1 is 1.25 bits per heavy atom. The topological polar surface area (TPSA) is 49.0 Å². The van der Waals surface area contributed by atoms with Gasteiger partial charge in [-0.1, -0.05) is 0 Å². The summed E-state index contributed by atoms with van der Waals surface area (Å²) in [5.41, 5.74) is 1.68. The maximum Gasteiger partial charge on any atom is 0.275 e. The normalized spacial score (nSPS) is 22.4. The number of nitrogens with zero attached hydrogens (tertiary/aromatic N) is 2. The number of halogens is 1. The molecular formula is C15H20BrN3O. The van der Waals surface area contributed by atoms with Crippen LogP contribution in [0.3, 0.4) is 0 Å². The van der Waals surface area contributed by atoms with Crippen LogP contribution in [0.1, 0.15) is 60.6 Å². The van der Waals surface area contributed by atoms with E-state index >= 15 is 0 Å². The number of nitrogens with one attached hydrogen (secondary N) is 1. The molecule has 3 aliphatic rings. The molecule has 1 amide bonds. The summed E-state index contributed by atoms with van der Waals surface area (Å²) in [6.45, 7) is 0. The van der Waals surface area contributed by atoms with Gasteiger partial charge < -0.3 is 4.90 Å². The number of aromatic amines is 1. The van der Waals surface area contributed by atoms with E-state index in [1.165, 1.54) is 38.5 Å². The van der Waals surface area contributed by atoms with Crippen LogP contribution in [0, 0.1) is 11.8 Å². The van der Waals surface area contributed by atoms with Crippen LogP contribution in [0.2, 0.25) is 0 Å². The molecule has 5 heteroatoms. The fourth-order valence-corrected chi connectivity index (χ4v) is 3.99. The van der Waals surface area contributed by atoms with Gasteiger partial charge in [-0.15, -0.1) is 0 Å². The third-order valence-electron chi connectivity index (χ3n) is 4.90. The van der Waals surface area contributed by atoms with Gasteiger partial charge in [-0.2, -0.15) is 5.10 Å². The van der Waals surface area contributed by atoms with Gasteiger partial charge in [0.1, 0.15) is 0 Å². The van der Waals surface area contributed by atoms with Crippen LogP contribution in [0.5, 0.6) is 0 Å². The quantitative estimate of drug-likeness (QED) is 0.895. The lowest BCUT2D eigenvalue weighted by molar-refractivity contribution is 0.0683. The molecule has 4 rings (SSSR count). The molecule has 1 aromatic rings. The second-order valence-electron chi connectivity index (χ2n) is 6.66. The van der Waals surface area contributed by atoms with Crippen molar-refractivity contribution in [3.05, 3.63) is 15.9 Å². The molecule has 0 radical (unpaired) electrons. The highest BCUT2D eigenvalue weighted by atomic mass is 79.9. The predicted molar refractivity (Wildman–Crippen MR) is 79.6 cm³/mol. The Balaban J connectivity index is 1.56. The number of hydrogen-bond acceptors (Lipinski definition) is 2. The molecule has 20 heavy (non-hydrogen) atoms. The number of hydrogen-bond donors (Lipinski definition) is 1. The first-order chi connectivity index (χ1) is 9.66. The van der Waals surface area contributed by atoms with Crippen LogP contribution >= 0.6 is 15.9 Å². The highest BCUT2D eigenvalue weighted by Gasteiger charge is 2.45. The van der Waals surface area contributed by atoms with Crippen LogP contribution in [-0.4, -0.2) is 34.1 Å². The summed E-state index contributed by atoms with van der Waals surface area (Å²) in [7, 11) is 1.96. The second-order valence-corrected chi connectivity index (χ2v) is 7.45. The highest BCUT2D eigenvalue weighted by Crippen LogP contribution is 2.47. The summed E-state index contributed by atoms with van der Waals surface area (Å²) < 4.78 is 0.891. The minimum Gasteiger partial charge on any atom is -0.337 e. The smallest absolute Gasteiger partial charge is 0.275 e. The monoisotopic (exact) mass is 337 g/mol. The van der Waals surface area contributed by atoms with E-state index in [0.29, 0.717) is 17.7 Å². The Labute approximate surface area is 127 Å². The number of rotatable bonds is 5. The predicted octanol–water partition coefficient (Wildman–Crippen LogP) is 3.31. The van der Waals surface area contributed by atoms with E-state index in [0.717, 1.165) is 22.0 Å². The molecule has 0 saturated heterocycles. The number of amides is 1. The van der Waals surface area contributed by atoms with Gasteiger partial charge >= 0.3 is 0 Å². The summed E-state index contributed by atoms with van der Waals surface area (Å²) in [6, 6.07) is 0.440. The fraction of sp³-hybridized carbons (Fsp3) is 0.733. The summed E-state index contributed by atoms with van der Waals surface area (Å²) in [5, 5.41) is 7.33. The zero-order chi connectivity index (χ0) is 13.9. The zero-order valence-corrected chi connectivity index (χ0v) is 13.3. The van der Waals surface area contributed by atoms with E-state index in [2.05, 4.69) is 26.1 Å². The van der Waals surface area contributed by atoms with Crippen molar-refractivity contribution >= 4 is 21.8 Å². The van der Waals surface area contributed by atoms with Gasteiger partial charge in [-0.3, -0.25) is 9.89 Å². The minimum atomic E-state index is 0.0730. The lowest BCUT2D eigenvalue weighted by atomic mass is 10.1. The summed E-state index contributed by atoms with van der Waals surface area (Å²) >= 11 is 3.57. The Morgan fingerprint density at radius 2 is 1.85 bits per heavy atom. The van der Waals surface area contributed by atoms with Crippen molar-refractivity contribution < 1.29 is 4.79 Å². The highest BCUT2D eigenvalue weighted by molar-refractivity contribution is 9.10. The maximum atomic E-state index is 12.7. The number of aromatic nitrogens is 2. The first-order valence-electron chi connectivity index (χ1n) is 7.67. The molecule has 3 fully saturated rings. The van der Waals surface area contributed by atoms with E-state index in [1.807, 2.05) is 11.9 Å². The molecule has 0 bridgehead atoms. The third-order valence-corrected chi connectivity index (χ3v) is 5.70. The molecular weight excluding hydrogens is 318 g/mol. The average Bonchev–Trinajstić information content (AvgIpc) is 3.27. The summed E-state index contributed by atoms with van der Waals surface area (Å²) in [6.07, 6.45) is 7.55. The van der Waals surface area contributed by atoms with E-state index in [1.54, 1.807) is 0 Å². The SMILES string of the molecule is CN(C(=O)c1n[nH]c(C2CC2)c1Br)C(C1CC1)C1CC1. The lowest BCUT2D eigenvalue weighted by Crippen LogP contribution is -2.40. The van der Waals surface area contributed by atoms with E-state index in [-0.39, 0.29) is 5.91 Å². The zero-order valence-electron chi connectivity index (χ0n) is 11.7. The molecule has 4 nitrogen and oxygen atoms in total. The van der Waals surface area contributed by atoms with Crippen molar-refractivity contribution in [2.75, 3.05) is 7.05 Å². The first-order valence-corrected chi connectivity index (χ1v) is 8.47. The molecule has 0 unspecified atom stereocenters. The van der Waals surface area contributed by atoms with Gasteiger partial charge in [-0.25, -0.2) is 0 Å². The fourth-order valence-electron chi connectivity index (χ4n) is 3.32. The van der Waals surface area contributed by atoms with Gasteiger partial charge in [0.15, 0.2) is 5.69 Å². The van der Waals surface area contributed by atoms with Crippen LogP contribution in [0.15, 0.2) is 4.47 Å². The van der Waals surface area contributed by atoms with Crippen molar-refractivity contribution in [3.63, 3.8) is 0 Å². The van der Waals surface area contributed by atoms with E-state index < -0.39 is 0 Å². The van der Waals surface area contributed by atoms with Crippen LogP contribution < -0.4 is 0 Å². The lowest BCUT2D eigenvalue weighted by Gasteiger charge is -2.28. The van der Waals surface area contributed by atoms with Crippen LogP contribution in [-0.2, 0) is 0 Å². The van der Waals surface area contributed by atoms with Crippen molar-refractivity contribution in [2.24, 2.45) is 11.8 Å². The average molecular weight is 338 g/mol. The Hall–Kier alpha value is -0.840. The molecule has 0 spiro atoms. The number of carbonyl (C=O) groups excluding carboxylic acids is 1. The van der Waals surface area contributed by atoms with Crippen molar-refractivity contribution in [3.8, 4) is 0 Å². The molecule has 1 aromatic heterocycles. The van der Waals surface area contributed by atoms with Crippen molar-refractivity contribution in [2.45, 2.75) is 50.5 Å². The molecule has 1 heterocycles. The molecule has 0 aromatic carbocycles. The van der Waals surface area contributed by atoms with Gasteiger partial charge in [0.25, 0.3) is 5.91 Å². The van der Waals surface area contributed by atoms with Crippen LogP contribution in [0.4, 0.5) is 0 Å². The summed E-state index contributed by atoms with van der Waals surface area (Å²) in [5.74, 6) is 2.12. The van der Waals surface area contributed by atoms with Gasteiger partial charge in [-0.05, 0) is 66.3 Å². The molecule has 108 valence electrons. The third kappa shape index (κ3) is 2.20. The first kappa shape index (κ1) is 12.9. The standard InChI is InChI=1S/C15H20BrN3O/c1-19(14(9-4-5-9)10-6-7-10)15(20)13-11(16)12(17-18-13)8-2-3-8/h8-10,14H,2-7H2,1H3,(H,17,18). The largest absolute Gasteiger partial charge is 0.337 e. The van der Waals surface area contributed by atoms with Gasteiger partial charge in [0.2, 0.25) is 0 Å². The van der Waals surface area contributed by atoms with Gasteiger partial charge in [0.05, 0.1) is 10.2 Å². The molecule has 0 aliphatic heterocycles. The second kappa shape index (κ2) is 4.58. The number of H-pyrrole nitrogens is 1.